The van der Waals surface area contributed by atoms with E-state index in [0.29, 0.717) is 11.4 Å². The van der Waals surface area contributed by atoms with E-state index in [2.05, 4.69) is 5.32 Å². The lowest BCUT2D eigenvalue weighted by molar-refractivity contribution is -0.114. The minimum atomic E-state index is -3.92. The van der Waals surface area contributed by atoms with E-state index in [-0.39, 0.29) is 11.4 Å². The van der Waals surface area contributed by atoms with Gasteiger partial charge in [0.05, 0.1) is 10.6 Å². The fourth-order valence-electron chi connectivity index (χ4n) is 3.32. The van der Waals surface area contributed by atoms with Crippen LogP contribution in [0.25, 0.3) is 0 Å². The van der Waals surface area contributed by atoms with Crippen molar-refractivity contribution in [2.75, 3.05) is 16.2 Å². The predicted octanol–water partition coefficient (Wildman–Crippen LogP) is 4.75. The van der Waals surface area contributed by atoms with Crippen LogP contribution in [-0.2, 0) is 14.8 Å². The number of amides is 1. The second-order valence-electron chi connectivity index (χ2n) is 7.54. The lowest BCUT2D eigenvalue weighted by Gasteiger charge is -2.25. The number of anilines is 2. The average Bonchev–Trinajstić information content (AvgIpc) is 2.68. The van der Waals surface area contributed by atoms with Gasteiger partial charge in [0.25, 0.3) is 10.0 Å². The van der Waals surface area contributed by atoms with Gasteiger partial charge in [-0.15, -0.1) is 0 Å². The number of hydrogen-bond donors (Lipinski definition) is 1. The number of rotatable bonds is 6. The summed E-state index contributed by atoms with van der Waals surface area (Å²) in [6.07, 6.45) is 0. The van der Waals surface area contributed by atoms with Crippen molar-refractivity contribution in [3.8, 4) is 0 Å². The molecule has 0 atom stereocenters. The fourth-order valence-corrected chi connectivity index (χ4v) is 4.75. The molecule has 0 radical (unpaired) electrons. The van der Waals surface area contributed by atoms with Crippen LogP contribution in [0.2, 0.25) is 0 Å². The third-order valence-electron chi connectivity index (χ3n) is 4.78. The van der Waals surface area contributed by atoms with E-state index in [1.54, 1.807) is 30.3 Å². The summed E-state index contributed by atoms with van der Waals surface area (Å²) in [6.45, 7) is 7.32. The zero-order valence-electron chi connectivity index (χ0n) is 17.6. The van der Waals surface area contributed by atoms with E-state index in [1.807, 2.05) is 52.0 Å². The van der Waals surface area contributed by atoms with Crippen molar-refractivity contribution in [3.63, 3.8) is 0 Å². The molecule has 3 rings (SSSR count). The Morgan fingerprint density at radius 3 is 2.10 bits per heavy atom. The summed E-state index contributed by atoms with van der Waals surface area (Å²) in [5.41, 5.74) is 4.92. The van der Waals surface area contributed by atoms with Gasteiger partial charge in [0.2, 0.25) is 5.91 Å². The zero-order chi connectivity index (χ0) is 21.9. The van der Waals surface area contributed by atoms with Crippen LogP contribution in [0.15, 0.2) is 71.6 Å². The van der Waals surface area contributed by atoms with E-state index in [0.717, 1.165) is 22.3 Å². The molecule has 0 aromatic heterocycles. The minimum absolute atomic E-state index is 0.142. The highest BCUT2D eigenvalue weighted by Crippen LogP contribution is 2.26. The molecule has 0 heterocycles. The van der Waals surface area contributed by atoms with Gasteiger partial charge in [-0.2, -0.15) is 0 Å². The first kappa shape index (κ1) is 21.6. The Morgan fingerprint density at radius 2 is 1.47 bits per heavy atom. The second kappa shape index (κ2) is 8.71. The van der Waals surface area contributed by atoms with Gasteiger partial charge >= 0.3 is 0 Å². The number of hydrogen-bond acceptors (Lipinski definition) is 3. The van der Waals surface area contributed by atoms with Gasteiger partial charge in [0, 0.05) is 5.69 Å². The molecule has 3 aromatic carbocycles. The summed E-state index contributed by atoms with van der Waals surface area (Å²) in [6, 6.07) is 19.4. The lowest BCUT2D eigenvalue weighted by atomic mass is 10.1. The Kier molecular flexibility index (Phi) is 6.27. The molecule has 1 N–H and O–H groups in total. The molecule has 0 unspecified atom stereocenters. The number of sulfonamides is 1. The van der Waals surface area contributed by atoms with Crippen LogP contribution in [0.1, 0.15) is 22.3 Å². The first-order valence-corrected chi connectivity index (χ1v) is 11.1. The topological polar surface area (TPSA) is 66.5 Å². The summed E-state index contributed by atoms with van der Waals surface area (Å²) in [7, 11) is -3.92. The standard InChI is InChI=1S/C24H26N2O3S/c1-17-10-11-20(4)23(15-17)25-24(27)16-26(21-13-18(2)12-19(3)14-21)30(28,29)22-8-6-5-7-9-22/h5-15H,16H2,1-4H3,(H,25,27). The largest absolute Gasteiger partial charge is 0.324 e. The molecule has 156 valence electrons. The molecule has 5 nitrogen and oxygen atoms in total. The Hall–Kier alpha value is -3.12. The van der Waals surface area contributed by atoms with Crippen LogP contribution in [0, 0.1) is 27.7 Å². The van der Waals surface area contributed by atoms with Gasteiger partial charge in [0.1, 0.15) is 6.54 Å². The molecule has 3 aromatic rings. The smallest absolute Gasteiger partial charge is 0.264 e. The molecule has 0 saturated heterocycles. The van der Waals surface area contributed by atoms with Gasteiger partial charge in [-0.05, 0) is 80.3 Å². The van der Waals surface area contributed by atoms with Crippen molar-refractivity contribution >= 4 is 27.3 Å². The summed E-state index contributed by atoms with van der Waals surface area (Å²) in [4.78, 5) is 13.0. The molecule has 6 heteroatoms. The summed E-state index contributed by atoms with van der Waals surface area (Å²) >= 11 is 0. The molecule has 1 amide bonds. The zero-order valence-corrected chi connectivity index (χ0v) is 18.5. The molecule has 0 aliphatic heterocycles. The van der Waals surface area contributed by atoms with Crippen molar-refractivity contribution < 1.29 is 13.2 Å². The maximum atomic E-state index is 13.4. The van der Waals surface area contributed by atoms with E-state index >= 15 is 0 Å². The monoisotopic (exact) mass is 422 g/mol. The Bertz CT molecular complexity index is 1150. The summed E-state index contributed by atoms with van der Waals surface area (Å²) in [5, 5.41) is 2.86. The average molecular weight is 423 g/mol. The van der Waals surface area contributed by atoms with Gasteiger partial charge in [-0.1, -0.05) is 36.4 Å². The molecule has 0 fully saturated rings. The van der Waals surface area contributed by atoms with Crippen molar-refractivity contribution in [2.24, 2.45) is 0 Å². The first-order valence-electron chi connectivity index (χ1n) is 9.70. The van der Waals surface area contributed by atoms with E-state index < -0.39 is 15.9 Å². The van der Waals surface area contributed by atoms with Crippen LogP contribution < -0.4 is 9.62 Å². The number of carbonyl (C=O) groups is 1. The maximum Gasteiger partial charge on any atom is 0.264 e. The minimum Gasteiger partial charge on any atom is -0.324 e. The van der Waals surface area contributed by atoms with Crippen LogP contribution in [0.5, 0.6) is 0 Å². The number of aryl methyl sites for hydroxylation is 4. The molecule has 0 spiro atoms. The van der Waals surface area contributed by atoms with E-state index in [1.165, 1.54) is 16.4 Å². The fraction of sp³-hybridized carbons (Fsp3) is 0.208. The van der Waals surface area contributed by atoms with Crippen LogP contribution in [0.3, 0.4) is 0 Å². The van der Waals surface area contributed by atoms with Crippen molar-refractivity contribution in [2.45, 2.75) is 32.6 Å². The Morgan fingerprint density at radius 1 is 0.833 bits per heavy atom. The number of nitrogens with zero attached hydrogens (tertiary/aromatic N) is 1. The lowest BCUT2D eigenvalue weighted by Crippen LogP contribution is -2.38. The summed E-state index contributed by atoms with van der Waals surface area (Å²) < 4.78 is 28.0. The Labute approximate surface area is 178 Å². The SMILES string of the molecule is Cc1cc(C)cc(N(CC(=O)Nc2cc(C)ccc2C)S(=O)(=O)c2ccccc2)c1. The first-order chi connectivity index (χ1) is 14.2. The molecule has 0 aliphatic rings. The van der Waals surface area contributed by atoms with Crippen LogP contribution in [0.4, 0.5) is 11.4 Å². The van der Waals surface area contributed by atoms with Gasteiger partial charge in [-0.25, -0.2) is 8.42 Å². The number of nitrogens with one attached hydrogen (secondary N) is 1. The number of benzene rings is 3. The third kappa shape index (κ3) is 4.89. The van der Waals surface area contributed by atoms with Crippen molar-refractivity contribution in [3.05, 3.63) is 89.0 Å². The predicted molar refractivity (Wildman–Crippen MR) is 121 cm³/mol. The van der Waals surface area contributed by atoms with Crippen molar-refractivity contribution in [1.82, 2.24) is 0 Å². The quantitative estimate of drug-likeness (QED) is 0.623. The highest BCUT2D eigenvalue weighted by molar-refractivity contribution is 7.92. The molecule has 0 saturated carbocycles. The van der Waals surface area contributed by atoms with Crippen molar-refractivity contribution in [1.29, 1.82) is 0 Å². The maximum absolute atomic E-state index is 13.4. The molecule has 30 heavy (non-hydrogen) atoms. The van der Waals surface area contributed by atoms with Crippen LogP contribution >= 0.6 is 0 Å². The molecule has 0 aliphatic carbocycles. The van der Waals surface area contributed by atoms with E-state index in [9.17, 15) is 13.2 Å². The van der Waals surface area contributed by atoms with Crippen LogP contribution in [-0.4, -0.2) is 20.9 Å². The molecular formula is C24H26N2O3S. The highest BCUT2D eigenvalue weighted by atomic mass is 32.2. The third-order valence-corrected chi connectivity index (χ3v) is 6.57. The summed E-state index contributed by atoms with van der Waals surface area (Å²) in [5.74, 6) is -0.401. The Balaban J connectivity index is 1.99. The van der Waals surface area contributed by atoms with Gasteiger partial charge in [0.15, 0.2) is 0 Å². The van der Waals surface area contributed by atoms with E-state index in [4.69, 9.17) is 0 Å². The molecular weight excluding hydrogens is 396 g/mol. The normalized spacial score (nSPS) is 11.2. The molecule has 0 bridgehead atoms. The van der Waals surface area contributed by atoms with Gasteiger partial charge < -0.3 is 5.32 Å². The van der Waals surface area contributed by atoms with Gasteiger partial charge in [-0.3, -0.25) is 9.10 Å². The number of carbonyl (C=O) groups excluding carboxylic acids is 1. The highest BCUT2D eigenvalue weighted by Gasteiger charge is 2.27. The second-order valence-corrected chi connectivity index (χ2v) is 9.40.